The van der Waals surface area contributed by atoms with Crippen LogP contribution in [0.3, 0.4) is 0 Å². The van der Waals surface area contributed by atoms with Crippen molar-refractivity contribution in [2.45, 2.75) is 495 Å². The maximum Gasteiger partial charge on any atom is 0.254 e. The summed E-state index contributed by atoms with van der Waals surface area (Å²) in [4.78, 5) is 130. The molecule has 760 valence electrons. The van der Waals surface area contributed by atoms with Gasteiger partial charge in [0, 0.05) is 178 Å². The number of piperidine rings is 7. The number of imide groups is 2. The van der Waals surface area contributed by atoms with E-state index >= 15 is 0 Å². The second-order valence-corrected chi connectivity index (χ2v) is 51.1. The Hall–Kier alpha value is -5.61. The van der Waals surface area contributed by atoms with Gasteiger partial charge < -0.3 is 61.7 Å². The van der Waals surface area contributed by atoms with E-state index < -0.39 is 0 Å². The monoisotopic (exact) mass is 1860 g/mol. The number of ketones is 1. The van der Waals surface area contributed by atoms with E-state index in [0.29, 0.717) is 63.2 Å². The minimum Gasteiger partial charge on any atom is -0.342 e. The highest BCUT2D eigenvalue weighted by Crippen LogP contribution is 2.46. The van der Waals surface area contributed by atoms with Gasteiger partial charge in [-0.1, -0.05) is 63.5 Å². The molecule has 1 aromatic carbocycles. The van der Waals surface area contributed by atoms with Gasteiger partial charge in [-0.15, -0.1) is 0 Å². The number of allylic oxidation sites excluding steroid dienone is 2. The van der Waals surface area contributed by atoms with Crippen LogP contribution in [0, 0.1) is 11.8 Å². The number of rotatable bonds is 32. The smallest absolute Gasteiger partial charge is 0.254 e. The number of likely N-dealkylation sites (tertiary alicyclic amines) is 4. The van der Waals surface area contributed by atoms with Crippen LogP contribution in [-0.4, -0.2) is 298 Å². The van der Waals surface area contributed by atoms with Crippen molar-refractivity contribution < 1.29 is 43.2 Å². The maximum atomic E-state index is 13.5. The van der Waals surface area contributed by atoms with Crippen LogP contribution >= 0.6 is 0 Å². The van der Waals surface area contributed by atoms with Crippen molar-refractivity contribution in [3.05, 3.63) is 48.0 Å². The van der Waals surface area contributed by atoms with E-state index in [2.05, 4.69) is 296 Å². The number of hydrogen-bond donors (Lipinski definition) is 7. The van der Waals surface area contributed by atoms with Crippen LogP contribution in [0.4, 0.5) is 0 Å². The summed E-state index contributed by atoms with van der Waals surface area (Å²) < 4.78 is 0. The predicted molar refractivity (Wildman–Crippen MR) is 544 cm³/mol. The van der Waals surface area contributed by atoms with E-state index in [9.17, 15) is 43.2 Å². The SMILES string of the molecule is CC(=O)CNCCNCC(=O)N(CCCN(C)C1CC(C)(C)NC(C)(C)C1)C1CC(C)(C)NC(C)(C)C1.CC1(C)CC(N(C=O)CCCCCCN(C=O)C2CC(C)(C)NC(C)(C)C2)CC(C)(C)N1.CC1(C)CC(N2C(=O)CCC2=O)CC(C)(C)N1.CCCCN(C(=O)c1ccccc1)C1CC(C)(C)N(CC)C(C)(C)C1.CN1C(C)(C)CC(N2C(=O)C3CC=CCC3C2=O)CC1(C)C. The summed E-state index contributed by atoms with van der Waals surface area (Å²) in [6.07, 6.45) is 29.4. The zero-order valence-electron chi connectivity index (χ0n) is 90.3. The van der Waals surface area contributed by atoms with Crippen molar-refractivity contribution in [2.75, 3.05) is 79.5 Å². The summed E-state index contributed by atoms with van der Waals surface area (Å²) in [6.45, 7) is 76.1. The van der Waals surface area contributed by atoms with Gasteiger partial charge in [0.1, 0.15) is 5.78 Å². The highest BCUT2D eigenvalue weighted by Gasteiger charge is 2.56. The lowest BCUT2D eigenvalue weighted by molar-refractivity contribution is -0.148. The Bertz CT molecular complexity index is 3800. The first kappa shape index (κ1) is 114. The molecule has 10 aliphatic rings. The number of fused-ring (bicyclic) bond motifs is 1. The Kier molecular flexibility index (Phi) is 39.7. The molecule has 133 heavy (non-hydrogen) atoms. The van der Waals surface area contributed by atoms with Gasteiger partial charge in [-0.2, -0.15) is 0 Å². The van der Waals surface area contributed by atoms with Crippen LogP contribution in [0.15, 0.2) is 42.5 Å². The number of amides is 8. The minimum atomic E-state index is -0.108. The van der Waals surface area contributed by atoms with Gasteiger partial charge in [0.05, 0.1) is 24.9 Å². The third kappa shape index (κ3) is 33.8. The largest absolute Gasteiger partial charge is 0.342 e. The highest BCUT2D eigenvalue weighted by molar-refractivity contribution is 6.06. The number of hydrogen-bond acceptors (Lipinski definition) is 19. The lowest BCUT2D eigenvalue weighted by Crippen LogP contribution is -2.64. The van der Waals surface area contributed by atoms with E-state index in [1.165, 1.54) is 4.90 Å². The number of carbonyl (C=O) groups is 9. The van der Waals surface area contributed by atoms with Crippen LogP contribution in [0.1, 0.15) is 386 Å². The van der Waals surface area contributed by atoms with Crippen LogP contribution in [0.25, 0.3) is 0 Å². The summed E-state index contributed by atoms with van der Waals surface area (Å²) in [6, 6.07) is 11.5. The van der Waals surface area contributed by atoms with E-state index in [1.807, 2.05) is 40.1 Å². The van der Waals surface area contributed by atoms with Gasteiger partial charge >= 0.3 is 0 Å². The number of Topliss-reactive ketones (excluding diaryl/α,β-unsaturated/α-hetero) is 1. The zero-order chi connectivity index (χ0) is 100. The third-order valence-corrected chi connectivity index (χ3v) is 30.4. The van der Waals surface area contributed by atoms with Crippen molar-refractivity contribution in [1.29, 1.82) is 0 Å². The summed E-state index contributed by atoms with van der Waals surface area (Å²) >= 11 is 0. The van der Waals surface area contributed by atoms with Gasteiger partial charge in [-0.3, -0.25) is 62.8 Å². The van der Waals surface area contributed by atoms with Crippen LogP contribution in [0.5, 0.6) is 0 Å². The molecule has 0 spiro atoms. The molecule has 0 bridgehead atoms. The second kappa shape index (κ2) is 46.2. The zero-order valence-corrected chi connectivity index (χ0v) is 90.3. The minimum absolute atomic E-state index is 0.00787. The number of nitrogens with one attached hydrogen (secondary N) is 7. The van der Waals surface area contributed by atoms with Gasteiger partial charge in [0.15, 0.2) is 0 Å². The number of benzene rings is 1. The third-order valence-electron chi connectivity index (χ3n) is 30.4. The molecule has 0 saturated carbocycles. The van der Waals surface area contributed by atoms with Crippen molar-refractivity contribution in [3.63, 3.8) is 0 Å². The maximum absolute atomic E-state index is 13.5. The van der Waals surface area contributed by atoms with Crippen LogP contribution in [0.2, 0.25) is 0 Å². The molecule has 1 aliphatic carbocycles. The lowest BCUT2D eigenvalue weighted by Gasteiger charge is -2.57. The molecule has 9 heterocycles. The van der Waals surface area contributed by atoms with Crippen molar-refractivity contribution in [1.82, 2.24) is 81.3 Å². The van der Waals surface area contributed by atoms with E-state index in [4.69, 9.17) is 0 Å². The van der Waals surface area contributed by atoms with Crippen LogP contribution < -0.4 is 37.2 Å². The first-order valence-electron chi connectivity index (χ1n) is 51.7. The predicted octanol–water partition coefficient (Wildman–Crippen LogP) is 15.6. The van der Waals surface area contributed by atoms with E-state index in [-0.39, 0.29) is 149 Å². The fourth-order valence-electron chi connectivity index (χ4n) is 26.6. The summed E-state index contributed by atoms with van der Waals surface area (Å²) in [5.74, 6) is 0.433. The van der Waals surface area contributed by atoms with Crippen molar-refractivity contribution >= 4 is 54.0 Å². The Morgan fingerprint density at radius 1 is 0.406 bits per heavy atom. The molecule has 9 fully saturated rings. The lowest BCUT2D eigenvalue weighted by atomic mass is 9.76. The number of nitrogens with zero attached hydrogens (tertiary/aromatic N) is 9. The molecule has 9 aliphatic heterocycles. The second-order valence-electron chi connectivity index (χ2n) is 51.1. The Morgan fingerprint density at radius 2 is 0.759 bits per heavy atom. The average molecular weight is 1860 g/mol. The summed E-state index contributed by atoms with van der Waals surface area (Å²) in [7, 11) is 4.40. The molecule has 7 N–H and O–H groups in total. The fourth-order valence-corrected chi connectivity index (χ4v) is 26.6. The Morgan fingerprint density at radius 3 is 1.14 bits per heavy atom. The molecular weight excluding hydrogens is 1670 g/mol. The Balaban J connectivity index is 0.000000232. The highest BCUT2D eigenvalue weighted by atomic mass is 16.2. The molecule has 8 amide bonds. The topological polar surface area (TPSA) is 267 Å². The van der Waals surface area contributed by atoms with Gasteiger partial charge in [0.25, 0.3) is 5.91 Å². The fraction of sp³-hybridized carbons (Fsp3) is 0.843. The first-order chi connectivity index (χ1) is 61.2. The summed E-state index contributed by atoms with van der Waals surface area (Å²) in [5, 5.41) is 24.9. The van der Waals surface area contributed by atoms with Gasteiger partial charge in [-0.05, 0) is 369 Å². The van der Waals surface area contributed by atoms with Gasteiger partial charge in [-0.25, -0.2) is 0 Å². The molecule has 2 atom stereocenters. The van der Waals surface area contributed by atoms with Crippen LogP contribution in [-0.2, 0) is 38.4 Å². The number of unbranched alkanes of at least 4 members (excludes halogenated alkanes) is 4. The van der Waals surface area contributed by atoms with E-state index in [1.54, 1.807) is 11.8 Å². The van der Waals surface area contributed by atoms with Crippen molar-refractivity contribution in [2.24, 2.45) is 11.8 Å². The van der Waals surface area contributed by atoms with E-state index in [0.717, 1.165) is 205 Å². The molecule has 9 saturated heterocycles. The molecule has 0 aromatic heterocycles. The first-order valence-corrected chi connectivity index (χ1v) is 51.7. The molecular formula is C108H194N16O9. The standard InChI is InChI=1S/C29H58N6O2.C26H50N4O2.C22H36N2O.C18H28N2O2.C13H22N2O2/c1-22(36)20-30-12-13-31-21-25(37)35(24-18-28(6,7)33-29(8,9)19-24)15-11-14-34(10)23-16-26(2,3)32-27(4,5)17-23;1-23(2)15-21(16-24(3,4)27-23)29(19-31)13-11-9-10-12-14-30(20-32)22-17-25(5,6)28-26(7,8)18-22;1-7-9-15-23(20(25)18-13-11-10-12-14-18)19-16-21(3,4)24(8-2)22(5,6)17-19;1-17(2)10-12(11-18(3,4)19(17)5)20-15(21)13-8-6-7-9-14(13)16(20)22;1-12(2)7-9(8-13(3,4)14-12)15-10(16)5-6-11(15)17/h23-24,30-33H,11-21H2,1-10H3;19-22,27-28H,9-18H2,1-8H3;10-14,19H,7-9,15-17H2,1-6H3;6-7,12-14H,8-11H2,1-5H3;9,14H,5-8H2,1-4H3. The normalized spacial score (nSPS) is 25.7. The molecule has 2 unspecified atom stereocenters. The Labute approximate surface area is 808 Å². The molecule has 11 rings (SSSR count). The molecule has 25 nitrogen and oxygen atoms in total. The number of carbonyl (C=O) groups excluding carboxylic acids is 9. The average Bonchev–Trinajstić information content (AvgIpc) is 1.58. The quantitative estimate of drug-likeness (QED) is 0.0153. The summed E-state index contributed by atoms with van der Waals surface area (Å²) in [5.41, 5.74) is 1.32. The molecule has 25 heteroatoms. The van der Waals surface area contributed by atoms with Gasteiger partial charge in [0.2, 0.25) is 42.4 Å². The molecule has 1 aromatic rings. The van der Waals surface area contributed by atoms with Crippen molar-refractivity contribution in [3.8, 4) is 0 Å². The molecule has 0 radical (unpaired) electrons.